The molecule has 140 valence electrons. The minimum atomic E-state index is -0.154. The number of carbonyl (C=O) groups excluding carboxylic acids is 1. The van der Waals surface area contributed by atoms with Gasteiger partial charge < -0.3 is 14.6 Å². The van der Waals surface area contributed by atoms with E-state index in [1.165, 1.54) is 19.3 Å². The average Bonchev–Trinajstić information content (AvgIpc) is 2.88. The first-order valence-corrected chi connectivity index (χ1v) is 10.0. The maximum Gasteiger partial charge on any atom is 0.233 e. The molecule has 1 aliphatic heterocycles. The summed E-state index contributed by atoms with van der Waals surface area (Å²) in [5.41, 5.74) is 0. The molecule has 1 atom stereocenters. The molecule has 6 nitrogen and oxygen atoms in total. The number of thioether (sulfide) groups is 1. The molecule has 0 bridgehead atoms. The lowest BCUT2D eigenvalue weighted by Gasteiger charge is -2.12. The molecule has 1 unspecified atom stereocenters. The van der Waals surface area contributed by atoms with Crippen molar-refractivity contribution in [2.75, 3.05) is 13.7 Å². The largest absolute Gasteiger partial charge is 0.497 e. The molecule has 2 heterocycles. The van der Waals surface area contributed by atoms with Crippen LogP contribution in [0.4, 0.5) is 0 Å². The highest BCUT2D eigenvalue weighted by Crippen LogP contribution is 2.25. The van der Waals surface area contributed by atoms with Crippen LogP contribution >= 0.6 is 11.8 Å². The van der Waals surface area contributed by atoms with Crippen molar-refractivity contribution in [3.05, 3.63) is 35.9 Å². The Bertz CT molecular complexity index is 730. The summed E-state index contributed by atoms with van der Waals surface area (Å²) in [6.07, 6.45) is 5.35. The van der Waals surface area contributed by atoms with Gasteiger partial charge >= 0.3 is 0 Å². The molecule has 1 amide bonds. The Morgan fingerprint density at radius 2 is 2.08 bits per heavy atom. The maximum atomic E-state index is 12.3. The van der Waals surface area contributed by atoms with Crippen LogP contribution in [-0.4, -0.2) is 39.6 Å². The molecular weight excluding hydrogens is 348 g/mol. The number of nitrogens with one attached hydrogen (secondary N) is 1. The van der Waals surface area contributed by atoms with Gasteiger partial charge in [0.15, 0.2) is 0 Å². The molecular formula is C19H26N4O2S. The highest BCUT2D eigenvalue weighted by Gasteiger charge is 2.16. The lowest BCUT2D eigenvalue weighted by atomic mass is 10.2. The first-order chi connectivity index (χ1) is 12.7. The van der Waals surface area contributed by atoms with Gasteiger partial charge in [-0.25, -0.2) is 0 Å². The predicted molar refractivity (Wildman–Crippen MR) is 103 cm³/mol. The summed E-state index contributed by atoms with van der Waals surface area (Å²) in [5, 5.41) is 11.5. The lowest BCUT2D eigenvalue weighted by molar-refractivity contribution is -0.120. The van der Waals surface area contributed by atoms with Gasteiger partial charge in [-0.05, 0) is 44.0 Å². The van der Waals surface area contributed by atoms with E-state index in [9.17, 15) is 4.79 Å². The van der Waals surface area contributed by atoms with Crippen LogP contribution in [0, 0.1) is 0 Å². The maximum absolute atomic E-state index is 12.3. The SMILES string of the molecule is COc1ccc(SC(C)C(=O)NCCc2nnc3n2CCCCC3)cc1. The van der Waals surface area contributed by atoms with Gasteiger partial charge in [0, 0.05) is 30.8 Å². The molecule has 0 saturated heterocycles. The Morgan fingerprint density at radius 1 is 1.27 bits per heavy atom. The predicted octanol–water partition coefficient (Wildman–Crippen LogP) is 2.85. The van der Waals surface area contributed by atoms with Gasteiger partial charge in [-0.3, -0.25) is 4.79 Å². The van der Waals surface area contributed by atoms with Gasteiger partial charge in [-0.2, -0.15) is 0 Å². The molecule has 3 rings (SSSR count). The summed E-state index contributed by atoms with van der Waals surface area (Å²) >= 11 is 1.54. The second kappa shape index (κ2) is 9.07. The molecule has 0 radical (unpaired) electrons. The van der Waals surface area contributed by atoms with E-state index in [4.69, 9.17) is 4.74 Å². The molecule has 2 aromatic rings. The van der Waals surface area contributed by atoms with E-state index in [1.807, 2.05) is 31.2 Å². The molecule has 26 heavy (non-hydrogen) atoms. The molecule has 0 fully saturated rings. The molecule has 0 saturated carbocycles. The van der Waals surface area contributed by atoms with Crippen LogP contribution in [0.3, 0.4) is 0 Å². The van der Waals surface area contributed by atoms with Gasteiger partial charge in [0.1, 0.15) is 17.4 Å². The van der Waals surface area contributed by atoms with Gasteiger partial charge in [0.25, 0.3) is 0 Å². The Kier molecular flexibility index (Phi) is 6.55. The number of hydrogen-bond acceptors (Lipinski definition) is 5. The van der Waals surface area contributed by atoms with Crippen molar-refractivity contribution in [2.45, 2.75) is 55.7 Å². The molecule has 7 heteroatoms. The summed E-state index contributed by atoms with van der Waals surface area (Å²) in [7, 11) is 1.65. The molecule has 1 aromatic carbocycles. The first kappa shape index (κ1) is 18.8. The molecule has 1 N–H and O–H groups in total. The Labute approximate surface area is 158 Å². The number of fused-ring (bicyclic) bond motifs is 1. The summed E-state index contributed by atoms with van der Waals surface area (Å²) in [4.78, 5) is 13.4. The summed E-state index contributed by atoms with van der Waals surface area (Å²) in [6, 6.07) is 7.76. The fourth-order valence-electron chi connectivity index (χ4n) is 3.08. The number of carbonyl (C=O) groups is 1. The van der Waals surface area contributed by atoms with Crippen LogP contribution in [0.2, 0.25) is 0 Å². The van der Waals surface area contributed by atoms with Gasteiger partial charge in [0.05, 0.1) is 12.4 Å². The highest BCUT2D eigenvalue weighted by molar-refractivity contribution is 8.00. The van der Waals surface area contributed by atoms with E-state index in [1.54, 1.807) is 18.9 Å². The van der Waals surface area contributed by atoms with E-state index in [-0.39, 0.29) is 11.2 Å². The van der Waals surface area contributed by atoms with Crippen LogP contribution in [0.5, 0.6) is 5.75 Å². The minimum absolute atomic E-state index is 0.0430. The first-order valence-electron chi connectivity index (χ1n) is 9.17. The fraction of sp³-hybridized carbons (Fsp3) is 0.526. The van der Waals surface area contributed by atoms with Crippen molar-refractivity contribution in [3.63, 3.8) is 0 Å². The highest BCUT2D eigenvalue weighted by atomic mass is 32.2. The standard InChI is InChI=1S/C19H26N4O2S/c1-14(26-16-9-7-15(25-2)8-10-16)19(24)20-12-11-18-22-21-17-6-4-3-5-13-23(17)18/h7-10,14H,3-6,11-13H2,1-2H3,(H,20,24). The lowest BCUT2D eigenvalue weighted by Crippen LogP contribution is -2.32. The zero-order chi connectivity index (χ0) is 18.4. The van der Waals surface area contributed by atoms with E-state index < -0.39 is 0 Å². The normalized spacial score (nSPS) is 15.0. The third-order valence-electron chi connectivity index (χ3n) is 4.58. The number of methoxy groups -OCH3 is 1. The van der Waals surface area contributed by atoms with Crippen LogP contribution in [0.25, 0.3) is 0 Å². The number of ether oxygens (including phenoxy) is 1. The zero-order valence-corrected chi connectivity index (χ0v) is 16.2. The second-order valence-electron chi connectivity index (χ2n) is 6.47. The number of nitrogens with zero attached hydrogens (tertiary/aromatic N) is 3. The van der Waals surface area contributed by atoms with E-state index in [0.29, 0.717) is 6.54 Å². The number of rotatable bonds is 7. The Hall–Kier alpha value is -2.02. The van der Waals surface area contributed by atoms with Crippen LogP contribution < -0.4 is 10.1 Å². The number of benzene rings is 1. The number of aryl methyl sites for hydroxylation is 1. The number of aromatic nitrogens is 3. The average molecular weight is 375 g/mol. The number of amides is 1. The molecule has 1 aromatic heterocycles. The van der Waals surface area contributed by atoms with Gasteiger partial charge in [-0.15, -0.1) is 22.0 Å². The van der Waals surface area contributed by atoms with Gasteiger partial charge in [-0.1, -0.05) is 6.42 Å². The topological polar surface area (TPSA) is 69.0 Å². The quantitative estimate of drug-likeness (QED) is 0.755. The second-order valence-corrected chi connectivity index (χ2v) is 7.89. The number of hydrogen-bond donors (Lipinski definition) is 1. The smallest absolute Gasteiger partial charge is 0.233 e. The van der Waals surface area contributed by atoms with Crippen molar-refractivity contribution in [1.82, 2.24) is 20.1 Å². The molecule has 0 spiro atoms. The Morgan fingerprint density at radius 3 is 2.85 bits per heavy atom. The van der Waals surface area contributed by atoms with Crippen molar-refractivity contribution in [1.29, 1.82) is 0 Å². The van der Waals surface area contributed by atoms with Crippen molar-refractivity contribution in [3.8, 4) is 5.75 Å². The van der Waals surface area contributed by atoms with E-state index in [0.717, 1.165) is 41.7 Å². The zero-order valence-electron chi connectivity index (χ0n) is 15.4. The van der Waals surface area contributed by atoms with Crippen LogP contribution in [0.15, 0.2) is 29.2 Å². The van der Waals surface area contributed by atoms with Crippen LogP contribution in [-0.2, 0) is 24.2 Å². The molecule has 1 aliphatic rings. The van der Waals surface area contributed by atoms with Crippen molar-refractivity contribution in [2.24, 2.45) is 0 Å². The monoisotopic (exact) mass is 374 g/mol. The summed E-state index contributed by atoms with van der Waals surface area (Å²) in [5.74, 6) is 2.94. The van der Waals surface area contributed by atoms with Crippen molar-refractivity contribution < 1.29 is 9.53 Å². The van der Waals surface area contributed by atoms with E-state index >= 15 is 0 Å². The van der Waals surface area contributed by atoms with Crippen molar-refractivity contribution >= 4 is 17.7 Å². The third-order valence-corrected chi connectivity index (χ3v) is 5.69. The summed E-state index contributed by atoms with van der Waals surface area (Å²) < 4.78 is 7.39. The molecule has 0 aliphatic carbocycles. The van der Waals surface area contributed by atoms with Gasteiger partial charge in [0.2, 0.25) is 5.91 Å². The summed E-state index contributed by atoms with van der Waals surface area (Å²) in [6.45, 7) is 3.51. The van der Waals surface area contributed by atoms with Crippen LogP contribution in [0.1, 0.15) is 37.8 Å². The third kappa shape index (κ3) is 4.78. The fourth-order valence-corrected chi connectivity index (χ4v) is 3.98. The van der Waals surface area contributed by atoms with E-state index in [2.05, 4.69) is 20.1 Å². The minimum Gasteiger partial charge on any atom is -0.497 e. The Balaban J connectivity index is 1.47.